The van der Waals surface area contributed by atoms with Gasteiger partial charge in [0.2, 0.25) is 0 Å². The van der Waals surface area contributed by atoms with Crippen LogP contribution in [0.4, 0.5) is 0 Å². The van der Waals surface area contributed by atoms with E-state index in [0.717, 1.165) is 0 Å². The van der Waals surface area contributed by atoms with Crippen LogP contribution in [0.3, 0.4) is 0 Å². The minimum absolute atomic E-state index is 0.646. The molecule has 0 aromatic heterocycles. The molecule has 0 unspecified atom stereocenters. The molecule has 0 N–H and O–H groups in total. The fourth-order valence-electron chi connectivity index (χ4n) is 0.943. The lowest BCUT2D eigenvalue weighted by Gasteiger charge is -2.06. The number of hydrogen-bond acceptors (Lipinski definition) is 0. The Hall–Kier alpha value is -0.0500. The highest BCUT2D eigenvalue weighted by molar-refractivity contribution is 14.1. The van der Waals surface area contributed by atoms with Crippen LogP contribution in [-0.2, 0) is 0 Å². The Balaban J connectivity index is 3.03. The van der Waals surface area contributed by atoms with Gasteiger partial charge in [-0.1, -0.05) is 32.0 Å². The Bertz CT molecular complexity index is 216. The van der Waals surface area contributed by atoms with E-state index >= 15 is 0 Å². The third kappa shape index (κ3) is 1.72. The van der Waals surface area contributed by atoms with E-state index in [1.165, 1.54) is 9.13 Å². The van der Waals surface area contributed by atoms with Crippen LogP contribution >= 0.6 is 22.6 Å². The van der Waals surface area contributed by atoms with Crippen LogP contribution in [0.15, 0.2) is 24.3 Å². The highest BCUT2D eigenvalue weighted by Crippen LogP contribution is 2.19. The largest absolute Gasteiger partial charge is 0.0619 e. The molecule has 0 fully saturated rings. The van der Waals surface area contributed by atoms with Crippen molar-refractivity contribution in [1.29, 1.82) is 0 Å². The van der Waals surface area contributed by atoms with E-state index in [2.05, 4.69) is 60.7 Å². The Morgan fingerprint density at radius 1 is 1.20 bits per heavy atom. The van der Waals surface area contributed by atoms with Gasteiger partial charge in [0.25, 0.3) is 0 Å². The second-order valence-electron chi connectivity index (χ2n) is 2.68. The summed E-state index contributed by atoms with van der Waals surface area (Å²) in [5.74, 6) is 0.646. The third-order valence-corrected chi connectivity index (χ3v) is 2.51. The van der Waals surface area contributed by atoms with E-state index in [1.54, 1.807) is 0 Å². The molecule has 0 saturated carbocycles. The van der Waals surface area contributed by atoms with Gasteiger partial charge in [-0.05, 0) is 40.1 Å². The number of benzene rings is 1. The summed E-state index contributed by atoms with van der Waals surface area (Å²) in [6.45, 7) is 4.44. The summed E-state index contributed by atoms with van der Waals surface area (Å²) in [7, 11) is 0. The molecular formula is C9H11I. The first-order valence-corrected chi connectivity index (χ1v) is 4.54. The predicted molar refractivity (Wildman–Crippen MR) is 53.2 cm³/mol. The van der Waals surface area contributed by atoms with Crippen molar-refractivity contribution in [3.05, 3.63) is 33.4 Å². The lowest BCUT2D eigenvalue weighted by Crippen LogP contribution is -1.89. The average Bonchev–Trinajstić information content (AvgIpc) is 1.88. The quantitative estimate of drug-likeness (QED) is 0.670. The topological polar surface area (TPSA) is 0 Å². The van der Waals surface area contributed by atoms with Gasteiger partial charge < -0.3 is 0 Å². The zero-order chi connectivity index (χ0) is 7.56. The first-order chi connectivity index (χ1) is 4.72. The van der Waals surface area contributed by atoms with Crippen LogP contribution in [0, 0.1) is 3.57 Å². The summed E-state index contributed by atoms with van der Waals surface area (Å²) < 4.78 is 1.37. The molecule has 0 nitrogen and oxygen atoms in total. The van der Waals surface area contributed by atoms with Gasteiger partial charge in [0.1, 0.15) is 0 Å². The summed E-state index contributed by atoms with van der Waals surface area (Å²) >= 11 is 2.38. The second-order valence-corrected chi connectivity index (χ2v) is 3.84. The molecule has 0 bridgehead atoms. The van der Waals surface area contributed by atoms with E-state index < -0.39 is 0 Å². The zero-order valence-electron chi connectivity index (χ0n) is 6.26. The van der Waals surface area contributed by atoms with Crippen LogP contribution in [-0.4, -0.2) is 0 Å². The van der Waals surface area contributed by atoms with E-state index in [0.29, 0.717) is 5.92 Å². The van der Waals surface area contributed by atoms with Crippen molar-refractivity contribution in [2.45, 2.75) is 19.8 Å². The lowest BCUT2D eigenvalue weighted by molar-refractivity contribution is 0.860. The minimum atomic E-state index is 0.646. The molecule has 0 aliphatic carbocycles. The van der Waals surface area contributed by atoms with Gasteiger partial charge in [-0.15, -0.1) is 0 Å². The fourth-order valence-corrected chi connectivity index (χ4v) is 1.95. The molecule has 1 heteroatoms. The molecule has 1 aromatic rings. The van der Waals surface area contributed by atoms with E-state index in [1.807, 2.05) is 0 Å². The smallest absolute Gasteiger partial charge is 0.0164 e. The van der Waals surface area contributed by atoms with Crippen molar-refractivity contribution < 1.29 is 0 Å². The van der Waals surface area contributed by atoms with E-state index in [4.69, 9.17) is 0 Å². The van der Waals surface area contributed by atoms with Gasteiger partial charge in [0, 0.05) is 3.57 Å². The molecule has 1 aromatic carbocycles. The molecule has 10 heavy (non-hydrogen) atoms. The van der Waals surface area contributed by atoms with Crippen LogP contribution in [0.2, 0.25) is 0 Å². The first kappa shape index (κ1) is 8.05. The summed E-state index contributed by atoms with van der Waals surface area (Å²) in [4.78, 5) is 0. The Morgan fingerprint density at radius 3 is 2.20 bits per heavy atom. The zero-order valence-corrected chi connectivity index (χ0v) is 8.42. The van der Waals surface area contributed by atoms with Gasteiger partial charge in [0.05, 0.1) is 0 Å². The van der Waals surface area contributed by atoms with Crippen molar-refractivity contribution in [3.8, 4) is 0 Å². The van der Waals surface area contributed by atoms with Gasteiger partial charge in [-0.2, -0.15) is 0 Å². The predicted octanol–water partition coefficient (Wildman–Crippen LogP) is 3.41. The summed E-state index contributed by atoms with van der Waals surface area (Å²) in [6, 6.07) is 8.51. The van der Waals surface area contributed by atoms with Crippen molar-refractivity contribution in [1.82, 2.24) is 0 Å². The van der Waals surface area contributed by atoms with Crippen LogP contribution in [0.5, 0.6) is 0 Å². The Morgan fingerprint density at radius 2 is 1.80 bits per heavy atom. The molecule has 0 aliphatic rings. The molecule has 0 spiro atoms. The molecule has 0 amide bonds. The second kappa shape index (κ2) is 3.37. The minimum Gasteiger partial charge on any atom is -0.0619 e. The maximum absolute atomic E-state index is 2.38. The maximum Gasteiger partial charge on any atom is 0.0164 e. The molecule has 1 rings (SSSR count). The van der Waals surface area contributed by atoms with Crippen molar-refractivity contribution in [2.75, 3.05) is 0 Å². The van der Waals surface area contributed by atoms with Crippen molar-refractivity contribution >= 4 is 22.6 Å². The van der Waals surface area contributed by atoms with Crippen molar-refractivity contribution in [3.63, 3.8) is 0 Å². The first-order valence-electron chi connectivity index (χ1n) is 3.46. The molecule has 0 saturated heterocycles. The highest BCUT2D eigenvalue weighted by atomic mass is 131. The fraction of sp³-hybridized carbons (Fsp3) is 0.333. The Labute approximate surface area is 75.8 Å². The monoisotopic (exact) mass is 250 g/mol. The number of rotatable bonds is 1. The molecular weight excluding hydrogens is 239 g/mol. The van der Waals surface area contributed by atoms with Crippen molar-refractivity contribution in [2.24, 2.45) is 0 Å². The maximum atomic E-state index is 2.38. The SMILES string of the molecule is CC(C)c1ccccc1[131I]. The van der Waals surface area contributed by atoms with Gasteiger partial charge in [0.15, 0.2) is 0 Å². The summed E-state index contributed by atoms with van der Waals surface area (Å²) in [5.41, 5.74) is 1.45. The van der Waals surface area contributed by atoms with Crippen LogP contribution in [0.25, 0.3) is 0 Å². The normalized spacial score (nSPS) is 10.4. The van der Waals surface area contributed by atoms with Crippen LogP contribution in [0.1, 0.15) is 25.3 Å². The molecule has 0 aliphatic heterocycles. The van der Waals surface area contributed by atoms with Gasteiger partial charge >= 0.3 is 0 Å². The standard InChI is InChI=1S/C9H11I/c1-7(2)8-5-3-4-6-9(8)10/h3-7H,1-2H3/i10+4. The van der Waals surface area contributed by atoms with E-state index in [9.17, 15) is 0 Å². The highest BCUT2D eigenvalue weighted by Gasteiger charge is 2.00. The third-order valence-electron chi connectivity index (χ3n) is 1.53. The average molecular weight is 250 g/mol. The lowest BCUT2D eigenvalue weighted by atomic mass is 10.0. The molecule has 54 valence electrons. The Kier molecular flexibility index (Phi) is 2.72. The number of halogens is 1. The summed E-state index contributed by atoms with van der Waals surface area (Å²) in [5, 5.41) is 0. The van der Waals surface area contributed by atoms with E-state index in [-0.39, 0.29) is 0 Å². The van der Waals surface area contributed by atoms with Gasteiger partial charge in [-0.25, -0.2) is 0 Å². The molecule has 0 atom stereocenters. The van der Waals surface area contributed by atoms with Gasteiger partial charge in [-0.3, -0.25) is 0 Å². The molecule has 0 heterocycles. The molecule has 0 radical (unpaired) electrons. The summed E-state index contributed by atoms with van der Waals surface area (Å²) in [6.07, 6.45) is 0. The van der Waals surface area contributed by atoms with Crippen LogP contribution < -0.4 is 0 Å². The number of hydrogen-bond donors (Lipinski definition) is 0.